The smallest absolute Gasteiger partial charge is 0.232 e. The van der Waals surface area contributed by atoms with Crippen LogP contribution in [0.15, 0.2) is 18.2 Å². The van der Waals surface area contributed by atoms with Crippen molar-refractivity contribution in [3.05, 3.63) is 28.8 Å². The van der Waals surface area contributed by atoms with Crippen molar-refractivity contribution in [2.75, 3.05) is 10.5 Å². The van der Waals surface area contributed by atoms with Gasteiger partial charge < -0.3 is 0 Å². The van der Waals surface area contributed by atoms with Crippen LogP contribution in [-0.4, -0.2) is 20.0 Å². The van der Waals surface area contributed by atoms with Crippen LogP contribution in [0.5, 0.6) is 0 Å². The van der Waals surface area contributed by atoms with Gasteiger partial charge in [-0.25, -0.2) is 8.42 Å². The van der Waals surface area contributed by atoms with Crippen molar-refractivity contribution in [2.45, 2.75) is 13.8 Å². The average Bonchev–Trinajstić information content (AvgIpc) is 2.20. The van der Waals surface area contributed by atoms with E-state index in [1.807, 2.05) is 0 Å². The van der Waals surface area contributed by atoms with E-state index < -0.39 is 10.0 Å². The summed E-state index contributed by atoms with van der Waals surface area (Å²) in [7, 11) is -3.33. The van der Waals surface area contributed by atoms with Gasteiger partial charge in [0.25, 0.3) is 0 Å². The molecular weight excluding hydrogens is 250 g/mol. The molecule has 0 spiro atoms. The number of ketones is 1. The molecule has 1 aromatic carbocycles. The first-order valence-electron chi connectivity index (χ1n) is 4.66. The van der Waals surface area contributed by atoms with E-state index in [0.717, 1.165) is 0 Å². The van der Waals surface area contributed by atoms with Crippen LogP contribution >= 0.6 is 11.6 Å². The van der Waals surface area contributed by atoms with Gasteiger partial charge in [-0.05, 0) is 32.0 Å². The Morgan fingerprint density at radius 1 is 1.44 bits per heavy atom. The summed E-state index contributed by atoms with van der Waals surface area (Å²) in [6.45, 7) is 2.91. The largest absolute Gasteiger partial charge is 0.294 e. The van der Waals surface area contributed by atoms with E-state index in [9.17, 15) is 13.2 Å². The minimum Gasteiger partial charge on any atom is -0.294 e. The molecule has 0 saturated carbocycles. The third kappa shape index (κ3) is 3.21. The maximum Gasteiger partial charge on any atom is 0.232 e. The summed E-state index contributed by atoms with van der Waals surface area (Å²) in [5.74, 6) is -0.229. The number of halogens is 1. The normalized spacial score (nSPS) is 11.2. The number of hydrogen-bond donors (Lipinski definition) is 1. The van der Waals surface area contributed by atoms with E-state index in [1.165, 1.54) is 32.0 Å². The molecule has 0 fully saturated rings. The molecule has 0 aromatic heterocycles. The van der Waals surface area contributed by atoms with Gasteiger partial charge in [-0.3, -0.25) is 9.52 Å². The van der Waals surface area contributed by atoms with E-state index in [4.69, 9.17) is 11.6 Å². The Morgan fingerprint density at radius 2 is 2.06 bits per heavy atom. The van der Waals surface area contributed by atoms with E-state index in [2.05, 4.69) is 4.72 Å². The minimum absolute atomic E-state index is 0.0228. The molecule has 0 saturated heterocycles. The molecule has 0 amide bonds. The molecule has 1 aromatic rings. The second-order valence-corrected chi connectivity index (χ2v) is 5.67. The van der Waals surface area contributed by atoms with Crippen LogP contribution in [0.1, 0.15) is 24.2 Å². The molecule has 0 radical (unpaired) electrons. The first-order chi connectivity index (χ1) is 7.35. The molecule has 1 rings (SSSR count). The van der Waals surface area contributed by atoms with Crippen molar-refractivity contribution in [3.63, 3.8) is 0 Å². The molecule has 1 N–H and O–H groups in total. The highest BCUT2D eigenvalue weighted by Gasteiger charge is 2.10. The van der Waals surface area contributed by atoms with Gasteiger partial charge >= 0.3 is 0 Å². The molecule has 0 aliphatic carbocycles. The van der Waals surface area contributed by atoms with Crippen molar-refractivity contribution in [2.24, 2.45) is 0 Å². The summed E-state index contributed by atoms with van der Waals surface area (Å²) in [6, 6.07) is 4.44. The van der Waals surface area contributed by atoms with E-state index >= 15 is 0 Å². The van der Waals surface area contributed by atoms with Crippen molar-refractivity contribution >= 4 is 33.1 Å². The van der Waals surface area contributed by atoms with Crippen LogP contribution in [0.25, 0.3) is 0 Å². The summed E-state index contributed by atoms with van der Waals surface area (Å²) in [6.07, 6.45) is 0. The van der Waals surface area contributed by atoms with Crippen LogP contribution in [0, 0.1) is 0 Å². The van der Waals surface area contributed by atoms with Gasteiger partial charge in [0.1, 0.15) is 0 Å². The monoisotopic (exact) mass is 261 g/mol. The highest BCUT2D eigenvalue weighted by Crippen LogP contribution is 2.21. The summed E-state index contributed by atoms with van der Waals surface area (Å²) in [5, 5.41) is 0.312. The second kappa shape index (κ2) is 4.84. The predicted molar refractivity (Wildman–Crippen MR) is 64.5 cm³/mol. The number of sulfonamides is 1. The van der Waals surface area contributed by atoms with Gasteiger partial charge in [0.2, 0.25) is 10.0 Å². The van der Waals surface area contributed by atoms with Gasteiger partial charge in [-0.15, -0.1) is 0 Å². The molecule has 0 aliphatic heterocycles. The molecule has 0 bridgehead atoms. The highest BCUT2D eigenvalue weighted by atomic mass is 35.5. The number of hydrogen-bond acceptors (Lipinski definition) is 3. The molecule has 88 valence electrons. The van der Waals surface area contributed by atoms with Crippen molar-refractivity contribution in [3.8, 4) is 0 Å². The lowest BCUT2D eigenvalue weighted by atomic mass is 10.1. The molecule has 16 heavy (non-hydrogen) atoms. The standard InChI is InChI=1S/C10H12ClNO3S/c1-3-16(14,15)12-8-4-5-10(11)9(6-8)7(2)13/h4-6,12H,3H2,1-2H3. The average molecular weight is 262 g/mol. The van der Waals surface area contributed by atoms with Crippen LogP contribution in [0.3, 0.4) is 0 Å². The quantitative estimate of drug-likeness (QED) is 0.846. The van der Waals surface area contributed by atoms with Gasteiger partial charge in [-0.1, -0.05) is 11.6 Å². The Balaban J connectivity index is 3.09. The zero-order valence-corrected chi connectivity index (χ0v) is 10.5. The fourth-order valence-electron chi connectivity index (χ4n) is 1.11. The highest BCUT2D eigenvalue weighted by molar-refractivity contribution is 7.92. The number of nitrogens with one attached hydrogen (secondary N) is 1. The molecule has 0 unspecified atom stereocenters. The zero-order valence-electron chi connectivity index (χ0n) is 8.95. The Bertz CT molecular complexity index is 511. The molecule has 0 atom stereocenters. The maximum absolute atomic E-state index is 11.3. The van der Waals surface area contributed by atoms with Gasteiger partial charge in [0.05, 0.1) is 10.8 Å². The lowest BCUT2D eigenvalue weighted by molar-refractivity contribution is 0.101. The molecule has 0 aliphatic rings. The molecular formula is C10H12ClNO3S. The lowest BCUT2D eigenvalue weighted by Crippen LogP contribution is -2.14. The van der Waals surface area contributed by atoms with E-state index in [-0.39, 0.29) is 11.5 Å². The predicted octanol–water partition coefficient (Wildman–Crippen LogP) is 2.30. The Kier molecular flexibility index (Phi) is 3.93. The number of benzene rings is 1. The Labute approximate surface area is 99.7 Å². The van der Waals surface area contributed by atoms with Gasteiger partial charge in [0, 0.05) is 11.3 Å². The number of carbonyl (C=O) groups excluding carboxylic acids is 1. The zero-order chi connectivity index (χ0) is 12.3. The molecule has 6 heteroatoms. The van der Waals surface area contributed by atoms with Gasteiger partial charge in [0.15, 0.2) is 5.78 Å². The van der Waals surface area contributed by atoms with Crippen molar-refractivity contribution in [1.29, 1.82) is 0 Å². The first kappa shape index (κ1) is 13.0. The summed E-state index contributed by atoms with van der Waals surface area (Å²) < 4.78 is 25.0. The number of Topliss-reactive ketones (excluding diaryl/α,β-unsaturated/α-hetero) is 1. The molecule has 0 heterocycles. The van der Waals surface area contributed by atoms with Crippen LogP contribution < -0.4 is 4.72 Å². The Hall–Kier alpha value is -1.07. The maximum atomic E-state index is 11.3. The van der Waals surface area contributed by atoms with Crippen LogP contribution in [0.4, 0.5) is 5.69 Å². The fraction of sp³-hybridized carbons (Fsp3) is 0.300. The Morgan fingerprint density at radius 3 is 2.56 bits per heavy atom. The SMILES string of the molecule is CCS(=O)(=O)Nc1ccc(Cl)c(C(C)=O)c1. The van der Waals surface area contributed by atoms with Crippen molar-refractivity contribution in [1.82, 2.24) is 0 Å². The number of rotatable bonds is 4. The third-order valence-electron chi connectivity index (χ3n) is 2.00. The third-order valence-corrected chi connectivity index (χ3v) is 3.64. The van der Waals surface area contributed by atoms with E-state index in [0.29, 0.717) is 16.3 Å². The first-order valence-corrected chi connectivity index (χ1v) is 6.69. The van der Waals surface area contributed by atoms with Crippen LogP contribution in [0.2, 0.25) is 5.02 Å². The van der Waals surface area contributed by atoms with Crippen LogP contribution in [-0.2, 0) is 10.0 Å². The lowest BCUT2D eigenvalue weighted by Gasteiger charge is -2.07. The van der Waals surface area contributed by atoms with E-state index in [1.54, 1.807) is 0 Å². The second-order valence-electron chi connectivity index (χ2n) is 3.26. The molecule has 4 nitrogen and oxygen atoms in total. The summed E-state index contributed by atoms with van der Waals surface area (Å²) in [5.41, 5.74) is 0.648. The van der Waals surface area contributed by atoms with Crippen molar-refractivity contribution < 1.29 is 13.2 Å². The topological polar surface area (TPSA) is 63.2 Å². The summed E-state index contributed by atoms with van der Waals surface area (Å²) in [4.78, 5) is 11.2. The summed E-state index contributed by atoms with van der Waals surface area (Å²) >= 11 is 5.80. The number of anilines is 1. The van der Waals surface area contributed by atoms with Gasteiger partial charge in [-0.2, -0.15) is 0 Å². The number of carbonyl (C=O) groups is 1. The minimum atomic E-state index is -3.33. The fourth-order valence-corrected chi connectivity index (χ4v) is 1.99.